The fourth-order valence-corrected chi connectivity index (χ4v) is 1.75. The van der Waals surface area contributed by atoms with Crippen LogP contribution >= 0.6 is 15.6 Å². The van der Waals surface area contributed by atoms with Crippen molar-refractivity contribution in [3.63, 3.8) is 0 Å². The summed E-state index contributed by atoms with van der Waals surface area (Å²) in [5.41, 5.74) is 0. The Hall–Kier alpha value is -1.28. The lowest BCUT2D eigenvalue weighted by Gasteiger charge is -2.13. The molecule has 18 heavy (non-hydrogen) atoms. The highest BCUT2D eigenvalue weighted by Crippen LogP contribution is 2.50. The molecule has 102 valence electrons. The summed E-state index contributed by atoms with van der Waals surface area (Å²) in [5, 5.41) is 18.5. The molecule has 0 saturated carbocycles. The van der Waals surface area contributed by atoms with E-state index in [-0.39, 0.29) is 0 Å². The fraction of sp³-hybridized carbons (Fsp3) is 0. The van der Waals surface area contributed by atoms with Crippen LogP contribution < -0.4 is 9.05 Å². The van der Waals surface area contributed by atoms with Crippen LogP contribution in [0, 0.1) is 0 Å². The van der Waals surface area contributed by atoms with Crippen LogP contribution in [0.25, 0.3) is 0 Å². The van der Waals surface area contributed by atoms with Gasteiger partial charge < -0.3 is 19.3 Å². The number of phosphoric ester groups is 2. The molecule has 1 rings (SSSR count). The van der Waals surface area contributed by atoms with Gasteiger partial charge in [0.15, 0.2) is 11.5 Å². The van der Waals surface area contributed by atoms with Crippen LogP contribution in [0.4, 0.5) is 0 Å². The van der Waals surface area contributed by atoms with Crippen LogP contribution in [-0.2, 0) is 9.13 Å². The minimum atomic E-state index is -5.03. The summed E-state index contributed by atoms with van der Waals surface area (Å²) < 4.78 is 29.1. The Morgan fingerprint density at radius 3 is 1.44 bits per heavy atom. The van der Waals surface area contributed by atoms with Crippen LogP contribution in [-0.4, -0.2) is 29.8 Å². The molecule has 0 bridgehead atoms. The van der Waals surface area contributed by atoms with Gasteiger partial charge in [-0.05, 0) is 0 Å². The molecule has 0 aliphatic heterocycles. The summed E-state index contributed by atoms with van der Waals surface area (Å²) in [7, 11) is -10.1. The van der Waals surface area contributed by atoms with Gasteiger partial charge in [-0.15, -0.1) is 0 Å². The molecule has 0 heterocycles. The average molecular weight is 302 g/mol. The SMILES string of the molecule is O=P(O)(O)Oc1cc(O)cc(OP(=O)(O)O)c1O. The lowest BCUT2D eigenvalue weighted by atomic mass is 10.3. The van der Waals surface area contributed by atoms with Crippen molar-refractivity contribution in [2.75, 3.05) is 0 Å². The van der Waals surface area contributed by atoms with Gasteiger partial charge in [-0.25, -0.2) is 9.13 Å². The number of hydrogen-bond acceptors (Lipinski definition) is 6. The minimum absolute atomic E-state index is 0.626. The first-order valence-electron chi connectivity index (χ1n) is 4.04. The van der Waals surface area contributed by atoms with Crippen molar-refractivity contribution < 1.29 is 48.0 Å². The van der Waals surface area contributed by atoms with E-state index < -0.39 is 38.6 Å². The molecule has 6 N–H and O–H groups in total. The van der Waals surface area contributed by atoms with Gasteiger partial charge in [0.1, 0.15) is 5.75 Å². The standard InChI is InChI=1S/C6H8O10P2/c7-3-1-4(15-17(9,10)11)6(8)5(2-3)16-18(12,13)14/h1-2,7-8H,(H2,9,10,11)(H2,12,13,14). The topological polar surface area (TPSA) is 174 Å². The summed E-state index contributed by atoms with van der Waals surface area (Å²) in [4.78, 5) is 34.0. The molecule has 0 atom stereocenters. The van der Waals surface area contributed by atoms with Crippen molar-refractivity contribution in [3.05, 3.63) is 12.1 Å². The van der Waals surface area contributed by atoms with Crippen LogP contribution in [0.5, 0.6) is 23.0 Å². The third-order valence-corrected chi connectivity index (χ3v) is 2.33. The molecule has 0 unspecified atom stereocenters. The third kappa shape index (κ3) is 4.53. The molecule has 0 saturated heterocycles. The van der Waals surface area contributed by atoms with Crippen molar-refractivity contribution >= 4 is 15.6 Å². The molecule has 0 amide bonds. The Bertz CT molecular complexity index is 496. The molecular weight excluding hydrogens is 294 g/mol. The normalized spacial score (nSPS) is 12.2. The second-order valence-electron chi connectivity index (χ2n) is 2.95. The number of rotatable bonds is 4. The van der Waals surface area contributed by atoms with Crippen LogP contribution in [0.1, 0.15) is 0 Å². The van der Waals surface area contributed by atoms with Crippen molar-refractivity contribution in [2.45, 2.75) is 0 Å². The molecule has 10 nitrogen and oxygen atoms in total. The molecule has 0 radical (unpaired) electrons. The number of phenols is 2. The zero-order chi connectivity index (χ0) is 14.1. The maximum atomic E-state index is 10.5. The van der Waals surface area contributed by atoms with Crippen molar-refractivity contribution in [3.8, 4) is 23.0 Å². The highest BCUT2D eigenvalue weighted by molar-refractivity contribution is 7.47. The van der Waals surface area contributed by atoms with E-state index in [1.807, 2.05) is 0 Å². The van der Waals surface area contributed by atoms with Crippen molar-refractivity contribution in [1.82, 2.24) is 0 Å². The quantitative estimate of drug-likeness (QED) is 0.329. The first kappa shape index (κ1) is 14.8. The molecule has 0 fully saturated rings. The number of phosphoric acid groups is 2. The van der Waals surface area contributed by atoms with Gasteiger partial charge in [0.05, 0.1) is 0 Å². The number of benzene rings is 1. The van der Waals surface area contributed by atoms with Crippen LogP contribution in [0.2, 0.25) is 0 Å². The van der Waals surface area contributed by atoms with E-state index in [1.54, 1.807) is 0 Å². The van der Waals surface area contributed by atoms with Gasteiger partial charge >= 0.3 is 15.6 Å². The predicted molar refractivity (Wildman–Crippen MR) is 55.1 cm³/mol. The first-order valence-corrected chi connectivity index (χ1v) is 7.10. The first-order chi connectivity index (χ1) is 7.98. The lowest BCUT2D eigenvalue weighted by molar-refractivity contribution is 0.269. The number of hydrogen-bond donors (Lipinski definition) is 6. The Kier molecular flexibility index (Phi) is 3.92. The van der Waals surface area contributed by atoms with E-state index in [0.29, 0.717) is 12.1 Å². The van der Waals surface area contributed by atoms with E-state index in [2.05, 4.69) is 9.05 Å². The van der Waals surface area contributed by atoms with Gasteiger partial charge in [0.25, 0.3) is 0 Å². The van der Waals surface area contributed by atoms with Gasteiger partial charge in [-0.2, -0.15) is 0 Å². The van der Waals surface area contributed by atoms with E-state index in [0.717, 1.165) is 0 Å². The van der Waals surface area contributed by atoms with E-state index in [9.17, 15) is 14.2 Å². The molecular formula is C6H8O10P2. The highest BCUT2D eigenvalue weighted by Gasteiger charge is 2.25. The van der Waals surface area contributed by atoms with Crippen LogP contribution in [0.3, 0.4) is 0 Å². The molecule has 1 aromatic carbocycles. The molecule has 1 aromatic rings. The third-order valence-electron chi connectivity index (χ3n) is 1.46. The number of aromatic hydroxyl groups is 2. The van der Waals surface area contributed by atoms with Gasteiger partial charge in [0.2, 0.25) is 5.75 Å². The molecule has 0 aliphatic carbocycles. The van der Waals surface area contributed by atoms with Crippen molar-refractivity contribution in [1.29, 1.82) is 0 Å². The summed E-state index contributed by atoms with van der Waals surface area (Å²) in [6, 6.07) is 1.25. The maximum absolute atomic E-state index is 10.5. The lowest BCUT2D eigenvalue weighted by Crippen LogP contribution is -1.94. The maximum Gasteiger partial charge on any atom is 0.524 e. The predicted octanol–water partition coefficient (Wildman–Crippen LogP) is 0.0408. The Labute approximate surface area is 99.5 Å². The summed E-state index contributed by atoms with van der Waals surface area (Å²) in [6.07, 6.45) is 0. The van der Waals surface area contributed by atoms with Gasteiger partial charge in [-0.1, -0.05) is 0 Å². The second kappa shape index (κ2) is 4.77. The van der Waals surface area contributed by atoms with E-state index in [1.165, 1.54) is 0 Å². The monoisotopic (exact) mass is 302 g/mol. The molecule has 0 aliphatic rings. The highest BCUT2D eigenvalue weighted by atomic mass is 31.2. The molecule has 0 aromatic heterocycles. The summed E-state index contributed by atoms with van der Waals surface area (Å²) >= 11 is 0. The Morgan fingerprint density at radius 1 is 0.833 bits per heavy atom. The van der Waals surface area contributed by atoms with Gasteiger partial charge in [-0.3, -0.25) is 19.6 Å². The average Bonchev–Trinajstić information content (AvgIpc) is 2.07. The Morgan fingerprint density at radius 2 is 1.17 bits per heavy atom. The molecule has 12 heteroatoms. The number of phenolic OH excluding ortho intramolecular Hbond substituents is 2. The zero-order valence-corrected chi connectivity index (χ0v) is 10.2. The summed E-state index contributed by atoms with van der Waals surface area (Å²) in [6.45, 7) is 0. The smallest absolute Gasteiger partial charge is 0.508 e. The van der Waals surface area contributed by atoms with Crippen molar-refractivity contribution in [2.24, 2.45) is 0 Å². The fourth-order valence-electron chi connectivity index (χ4n) is 0.964. The van der Waals surface area contributed by atoms with Gasteiger partial charge in [0, 0.05) is 12.1 Å². The van der Waals surface area contributed by atoms with E-state index in [4.69, 9.17) is 24.7 Å². The Balaban J connectivity index is 3.22. The van der Waals surface area contributed by atoms with Crippen LogP contribution in [0.15, 0.2) is 12.1 Å². The largest absolute Gasteiger partial charge is 0.524 e. The van der Waals surface area contributed by atoms with E-state index >= 15 is 0 Å². The second-order valence-corrected chi connectivity index (χ2v) is 5.28. The summed E-state index contributed by atoms with van der Waals surface area (Å²) in [5.74, 6) is -3.57. The minimum Gasteiger partial charge on any atom is -0.508 e. The zero-order valence-electron chi connectivity index (χ0n) is 8.37. The molecule has 0 spiro atoms.